The summed E-state index contributed by atoms with van der Waals surface area (Å²) in [4.78, 5) is 16.5. The summed E-state index contributed by atoms with van der Waals surface area (Å²) in [5.41, 5.74) is 1.37. The Balaban J connectivity index is 1.49. The molecule has 0 saturated carbocycles. The van der Waals surface area contributed by atoms with Gasteiger partial charge in [0.15, 0.2) is 0 Å². The lowest BCUT2D eigenvalue weighted by Crippen LogP contribution is -2.24. The number of carbonyl (C=O) groups excluding carboxylic acids is 1. The Morgan fingerprint density at radius 2 is 2.00 bits per heavy atom. The number of nitrogens with zero attached hydrogens (tertiary/aromatic N) is 1. The van der Waals surface area contributed by atoms with E-state index >= 15 is 0 Å². The maximum absolute atomic E-state index is 12.2. The largest absolute Gasteiger partial charge is 0.497 e. The fraction of sp³-hybridized carbons (Fsp3) is 0.143. The van der Waals surface area contributed by atoms with Crippen LogP contribution < -0.4 is 14.8 Å². The molecule has 1 heterocycles. The minimum atomic E-state index is -0.225. The second kappa shape index (κ2) is 9.06. The molecule has 1 N–H and O–H groups in total. The summed E-state index contributed by atoms with van der Waals surface area (Å²) in [7, 11) is 1.56. The van der Waals surface area contributed by atoms with Crippen LogP contribution >= 0.6 is 15.9 Å². The van der Waals surface area contributed by atoms with Crippen LogP contribution in [0.1, 0.15) is 10.4 Å². The van der Waals surface area contributed by atoms with Gasteiger partial charge >= 0.3 is 0 Å². The van der Waals surface area contributed by atoms with E-state index in [4.69, 9.17) is 9.47 Å². The number of pyridine rings is 1. The molecule has 0 radical (unpaired) electrons. The summed E-state index contributed by atoms with van der Waals surface area (Å²) in [6, 6.07) is 14.8. The van der Waals surface area contributed by atoms with Gasteiger partial charge in [-0.3, -0.25) is 9.78 Å². The molecule has 3 rings (SSSR count). The molecule has 2 aromatic carbocycles. The number of halogens is 1. The Labute approximate surface area is 165 Å². The van der Waals surface area contributed by atoms with E-state index in [2.05, 4.69) is 38.1 Å². The van der Waals surface area contributed by atoms with Gasteiger partial charge in [0, 0.05) is 22.1 Å². The molecule has 0 bridgehead atoms. The molecule has 5 nitrogen and oxygen atoms in total. The summed E-state index contributed by atoms with van der Waals surface area (Å²) in [5, 5.41) is 3.81. The fourth-order valence-electron chi connectivity index (χ4n) is 2.39. The van der Waals surface area contributed by atoms with Crippen molar-refractivity contribution < 1.29 is 14.3 Å². The number of carbonyl (C=O) groups is 1. The van der Waals surface area contributed by atoms with Crippen molar-refractivity contribution in [3.8, 4) is 23.3 Å². The number of ether oxygens (including phenoxy) is 2. The number of hydrogen-bond acceptors (Lipinski definition) is 4. The zero-order valence-corrected chi connectivity index (χ0v) is 16.2. The summed E-state index contributed by atoms with van der Waals surface area (Å²) in [6.45, 7) is 0.460. The maximum Gasteiger partial charge on any atom is 0.253 e. The SMILES string of the molecule is COc1ccc(Br)c(C(=O)NCC#CCOc2ccc3cccnc3c2)c1. The molecule has 1 amide bonds. The molecule has 0 aliphatic rings. The van der Waals surface area contributed by atoms with E-state index in [0.29, 0.717) is 21.5 Å². The Morgan fingerprint density at radius 1 is 1.15 bits per heavy atom. The summed E-state index contributed by atoms with van der Waals surface area (Å²) < 4.78 is 11.4. The molecular formula is C21H17BrN2O3. The standard InChI is InChI=1S/C21H17BrN2O3/c1-26-16-8-9-19(22)18(13-16)21(25)24-10-2-3-12-27-17-7-6-15-5-4-11-23-20(15)14-17/h4-9,11,13-14H,10,12H2,1H3,(H,24,25). The van der Waals surface area contributed by atoms with E-state index in [0.717, 1.165) is 10.9 Å². The molecule has 0 aliphatic carbocycles. The van der Waals surface area contributed by atoms with E-state index in [1.165, 1.54) is 0 Å². The van der Waals surface area contributed by atoms with Gasteiger partial charge in [-0.05, 0) is 52.3 Å². The molecule has 1 aromatic heterocycles. The van der Waals surface area contributed by atoms with E-state index in [-0.39, 0.29) is 19.1 Å². The van der Waals surface area contributed by atoms with Gasteiger partial charge in [-0.25, -0.2) is 0 Å². The Morgan fingerprint density at radius 3 is 2.85 bits per heavy atom. The Kier molecular flexibility index (Phi) is 6.29. The van der Waals surface area contributed by atoms with Crippen molar-refractivity contribution in [2.45, 2.75) is 0 Å². The average molecular weight is 425 g/mol. The molecule has 0 aliphatic heterocycles. The van der Waals surface area contributed by atoms with Gasteiger partial charge in [0.1, 0.15) is 18.1 Å². The molecule has 0 saturated heterocycles. The van der Waals surface area contributed by atoms with Crippen LogP contribution in [0.25, 0.3) is 10.9 Å². The minimum absolute atomic E-state index is 0.225. The highest BCUT2D eigenvalue weighted by atomic mass is 79.9. The molecule has 0 atom stereocenters. The first kappa shape index (κ1) is 18.7. The molecule has 27 heavy (non-hydrogen) atoms. The van der Waals surface area contributed by atoms with Crippen molar-refractivity contribution in [1.29, 1.82) is 0 Å². The topological polar surface area (TPSA) is 60.5 Å². The second-order valence-electron chi connectivity index (χ2n) is 5.53. The van der Waals surface area contributed by atoms with Crippen LogP contribution in [0.4, 0.5) is 0 Å². The zero-order chi connectivity index (χ0) is 19.1. The van der Waals surface area contributed by atoms with Crippen LogP contribution in [0.3, 0.4) is 0 Å². The molecule has 0 unspecified atom stereocenters. The van der Waals surface area contributed by atoms with Crippen molar-refractivity contribution >= 4 is 32.7 Å². The highest BCUT2D eigenvalue weighted by Crippen LogP contribution is 2.22. The van der Waals surface area contributed by atoms with Crippen molar-refractivity contribution in [2.75, 3.05) is 20.3 Å². The summed E-state index contributed by atoms with van der Waals surface area (Å²) in [5.74, 6) is 6.86. The van der Waals surface area contributed by atoms with Crippen molar-refractivity contribution in [3.63, 3.8) is 0 Å². The lowest BCUT2D eigenvalue weighted by molar-refractivity contribution is 0.0957. The van der Waals surface area contributed by atoms with Crippen LogP contribution in [-0.4, -0.2) is 31.2 Å². The first-order valence-electron chi connectivity index (χ1n) is 8.22. The third-order valence-electron chi connectivity index (χ3n) is 3.77. The fourth-order valence-corrected chi connectivity index (χ4v) is 2.82. The molecule has 0 spiro atoms. The van der Waals surface area contributed by atoms with Crippen LogP contribution in [0, 0.1) is 11.8 Å². The predicted octanol–water partition coefficient (Wildman–Crippen LogP) is 3.82. The number of methoxy groups -OCH3 is 1. The number of hydrogen-bond donors (Lipinski definition) is 1. The molecule has 0 fully saturated rings. The van der Waals surface area contributed by atoms with Crippen LogP contribution in [0.15, 0.2) is 59.2 Å². The highest BCUT2D eigenvalue weighted by Gasteiger charge is 2.10. The van der Waals surface area contributed by atoms with E-state index in [1.54, 1.807) is 31.5 Å². The van der Waals surface area contributed by atoms with Gasteiger partial charge in [-0.2, -0.15) is 0 Å². The second-order valence-corrected chi connectivity index (χ2v) is 6.38. The number of fused-ring (bicyclic) bond motifs is 1. The highest BCUT2D eigenvalue weighted by molar-refractivity contribution is 9.10. The van der Waals surface area contributed by atoms with Crippen LogP contribution in [0.2, 0.25) is 0 Å². The molecule has 136 valence electrons. The minimum Gasteiger partial charge on any atom is -0.497 e. The van der Waals surface area contributed by atoms with Gasteiger partial charge in [-0.15, -0.1) is 0 Å². The Hall–Kier alpha value is -3.04. The predicted molar refractivity (Wildman–Crippen MR) is 108 cm³/mol. The van der Waals surface area contributed by atoms with E-state index in [9.17, 15) is 4.79 Å². The number of nitrogens with one attached hydrogen (secondary N) is 1. The first-order chi connectivity index (χ1) is 13.2. The lowest BCUT2D eigenvalue weighted by Gasteiger charge is -2.06. The van der Waals surface area contributed by atoms with Gasteiger partial charge in [0.25, 0.3) is 5.91 Å². The number of amides is 1. The maximum atomic E-state index is 12.2. The molecule has 3 aromatic rings. The summed E-state index contributed by atoms with van der Waals surface area (Å²) in [6.07, 6.45) is 1.75. The van der Waals surface area contributed by atoms with Gasteiger partial charge in [0.05, 0.1) is 24.7 Å². The lowest BCUT2D eigenvalue weighted by atomic mass is 10.2. The van der Waals surface area contributed by atoms with Crippen molar-refractivity contribution in [3.05, 3.63) is 64.8 Å². The van der Waals surface area contributed by atoms with Crippen molar-refractivity contribution in [2.24, 2.45) is 0 Å². The molecule has 6 heteroatoms. The van der Waals surface area contributed by atoms with Crippen molar-refractivity contribution in [1.82, 2.24) is 10.3 Å². The van der Waals surface area contributed by atoms with E-state index < -0.39 is 0 Å². The Bertz CT molecular complexity index is 1020. The third kappa shape index (κ3) is 4.99. The zero-order valence-electron chi connectivity index (χ0n) is 14.7. The first-order valence-corrected chi connectivity index (χ1v) is 9.02. The number of aromatic nitrogens is 1. The monoisotopic (exact) mass is 424 g/mol. The summed E-state index contributed by atoms with van der Waals surface area (Å²) >= 11 is 3.36. The van der Waals surface area contributed by atoms with Crippen LogP contribution in [-0.2, 0) is 0 Å². The van der Waals surface area contributed by atoms with Gasteiger partial charge in [0.2, 0.25) is 0 Å². The van der Waals surface area contributed by atoms with E-state index in [1.807, 2.05) is 30.3 Å². The van der Waals surface area contributed by atoms with Gasteiger partial charge < -0.3 is 14.8 Å². The van der Waals surface area contributed by atoms with Gasteiger partial charge in [-0.1, -0.05) is 17.9 Å². The van der Waals surface area contributed by atoms with Crippen LogP contribution in [0.5, 0.6) is 11.5 Å². The number of benzene rings is 2. The quantitative estimate of drug-likeness (QED) is 0.632. The average Bonchev–Trinajstić information content (AvgIpc) is 2.70. The third-order valence-corrected chi connectivity index (χ3v) is 4.46. The smallest absolute Gasteiger partial charge is 0.253 e. The normalized spacial score (nSPS) is 10.0. The molecular weight excluding hydrogens is 408 g/mol. The number of rotatable bonds is 5.